The first-order valence-corrected chi connectivity index (χ1v) is 6.96. The summed E-state index contributed by atoms with van der Waals surface area (Å²) in [5.41, 5.74) is 6.41. The van der Waals surface area contributed by atoms with Gasteiger partial charge in [0.1, 0.15) is 0 Å². The molecule has 1 spiro atoms. The summed E-state index contributed by atoms with van der Waals surface area (Å²) in [6.07, 6.45) is 3.69. The SMILES string of the molecule is C[C@@H]1OCC2(CCN(c3ncc(Cl)nn3)CC2)[C@@H]1N. The van der Waals surface area contributed by atoms with Crippen molar-refractivity contribution in [3.63, 3.8) is 0 Å². The molecule has 2 aliphatic rings. The Morgan fingerprint density at radius 2 is 2.16 bits per heavy atom. The normalized spacial score (nSPS) is 29.9. The Bertz CT molecular complexity index is 446. The van der Waals surface area contributed by atoms with Crippen molar-refractivity contribution in [1.82, 2.24) is 15.2 Å². The highest BCUT2D eigenvalue weighted by atomic mass is 35.5. The molecule has 3 heterocycles. The monoisotopic (exact) mass is 283 g/mol. The predicted molar refractivity (Wildman–Crippen MR) is 72.1 cm³/mol. The maximum Gasteiger partial charge on any atom is 0.245 e. The molecular weight excluding hydrogens is 266 g/mol. The first-order valence-electron chi connectivity index (χ1n) is 6.58. The van der Waals surface area contributed by atoms with E-state index >= 15 is 0 Å². The fraction of sp³-hybridized carbons (Fsp3) is 0.750. The zero-order valence-electron chi connectivity index (χ0n) is 10.9. The fourth-order valence-electron chi connectivity index (χ4n) is 3.02. The van der Waals surface area contributed by atoms with Crippen molar-refractivity contribution < 1.29 is 4.74 Å². The van der Waals surface area contributed by atoms with Crippen LogP contribution in [-0.4, -0.2) is 47.0 Å². The van der Waals surface area contributed by atoms with Gasteiger partial charge in [0.25, 0.3) is 0 Å². The molecule has 2 atom stereocenters. The van der Waals surface area contributed by atoms with E-state index < -0.39 is 0 Å². The molecular formula is C12H18ClN5O. The Morgan fingerprint density at radius 1 is 1.42 bits per heavy atom. The van der Waals surface area contributed by atoms with Crippen molar-refractivity contribution in [3.8, 4) is 0 Å². The summed E-state index contributed by atoms with van der Waals surface area (Å²) in [5.74, 6) is 0.639. The van der Waals surface area contributed by atoms with Crippen LogP contribution in [0.1, 0.15) is 19.8 Å². The molecule has 0 unspecified atom stereocenters. The van der Waals surface area contributed by atoms with Crippen molar-refractivity contribution in [2.24, 2.45) is 11.1 Å². The number of rotatable bonds is 1. The van der Waals surface area contributed by atoms with Crippen molar-refractivity contribution in [1.29, 1.82) is 0 Å². The van der Waals surface area contributed by atoms with E-state index in [9.17, 15) is 0 Å². The minimum Gasteiger partial charge on any atom is -0.376 e. The lowest BCUT2D eigenvalue weighted by molar-refractivity contribution is 0.0973. The van der Waals surface area contributed by atoms with Gasteiger partial charge in [0, 0.05) is 24.5 Å². The lowest BCUT2D eigenvalue weighted by Gasteiger charge is -2.41. The van der Waals surface area contributed by atoms with E-state index in [-0.39, 0.29) is 17.6 Å². The van der Waals surface area contributed by atoms with Crippen molar-refractivity contribution in [2.75, 3.05) is 24.6 Å². The van der Waals surface area contributed by atoms with Crippen LogP contribution in [0.4, 0.5) is 5.95 Å². The molecule has 0 amide bonds. The third-order valence-corrected chi connectivity index (χ3v) is 4.58. The Morgan fingerprint density at radius 3 is 2.68 bits per heavy atom. The minimum atomic E-state index is 0.121. The van der Waals surface area contributed by atoms with Gasteiger partial charge in [-0.3, -0.25) is 0 Å². The number of anilines is 1. The number of piperidine rings is 1. The average molecular weight is 284 g/mol. The molecule has 3 rings (SSSR count). The fourth-order valence-corrected chi connectivity index (χ4v) is 3.11. The number of halogens is 1. The van der Waals surface area contributed by atoms with Gasteiger partial charge in [0.15, 0.2) is 5.15 Å². The van der Waals surface area contributed by atoms with Crippen molar-refractivity contribution in [2.45, 2.75) is 31.9 Å². The van der Waals surface area contributed by atoms with Crippen LogP contribution in [0.3, 0.4) is 0 Å². The summed E-state index contributed by atoms with van der Waals surface area (Å²) in [7, 11) is 0. The molecule has 19 heavy (non-hydrogen) atoms. The smallest absolute Gasteiger partial charge is 0.245 e. The van der Waals surface area contributed by atoms with Crippen LogP contribution in [0.25, 0.3) is 0 Å². The molecule has 0 aromatic carbocycles. The van der Waals surface area contributed by atoms with Gasteiger partial charge in [0.2, 0.25) is 5.95 Å². The second-order valence-corrected chi connectivity index (χ2v) is 5.86. The van der Waals surface area contributed by atoms with Gasteiger partial charge in [-0.15, -0.1) is 10.2 Å². The number of hydrogen-bond donors (Lipinski definition) is 1. The molecule has 0 aliphatic carbocycles. The van der Waals surface area contributed by atoms with E-state index in [4.69, 9.17) is 22.1 Å². The third-order valence-electron chi connectivity index (χ3n) is 4.41. The second kappa shape index (κ2) is 4.85. The molecule has 0 bridgehead atoms. The summed E-state index contributed by atoms with van der Waals surface area (Å²) >= 11 is 5.70. The Hall–Kier alpha value is -0.980. The molecule has 0 saturated carbocycles. The van der Waals surface area contributed by atoms with Crippen molar-refractivity contribution in [3.05, 3.63) is 11.3 Å². The lowest BCUT2D eigenvalue weighted by atomic mass is 9.73. The quantitative estimate of drug-likeness (QED) is 0.824. The maximum atomic E-state index is 6.29. The van der Waals surface area contributed by atoms with Gasteiger partial charge in [0.05, 0.1) is 18.9 Å². The molecule has 104 valence electrons. The van der Waals surface area contributed by atoms with Crippen LogP contribution in [0.5, 0.6) is 0 Å². The Labute approximate surface area is 117 Å². The molecule has 1 aromatic rings. The van der Waals surface area contributed by atoms with Gasteiger partial charge in [-0.05, 0) is 19.8 Å². The van der Waals surface area contributed by atoms with Crippen LogP contribution in [0, 0.1) is 5.41 Å². The summed E-state index contributed by atoms with van der Waals surface area (Å²) in [5, 5.41) is 8.17. The minimum absolute atomic E-state index is 0.121. The zero-order chi connectivity index (χ0) is 13.5. The first-order chi connectivity index (χ1) is 9.11. The maximum absolute atomic E-state index is 6.29. The third kappa shape index (κ3) is 2.28. The molecule has 2 N–H and O–H groups in total. The molecule has 6 nitrogen and oxygen atoms in total. The summed E-state index contributed by atoms with van der Waals surface area (Å²) < 4.78 is 5.71. The highest BCUT2D eigenvalue weighted by Crippen LogP contribution is 2.41. The average Bonchev–Trinajstić information content (AvgIpc) is 2.70. The van der Waals surface area contributed by atoms with E-state index in [0.717, 1.165) is 32.5 Å². The van der Waals surface area contributed by atoms with Gasteiger partial charge in [-0.2, -0.15) is 0 Å². The van der Waals surface area contributed by atoms with Crippen LogP contribution < -0.4 is 10.6 Å². The van der Waals surface area contributed by atoms with E-state index in [1.165, 1.54) is 6.20 Å². The lowest BCUT2D eigenvalue weighted by Crippen LogP contribution is -2.51. The standard InChI is InChI=1S/C12H18ClN5O/c1-8-10(14)12(7-19-8)2-4-18(5-3-12)11-15-6-9(13)16-17-11/h6,8,10H,2-5,7,14H2,1H3/t8-,10+/m0/s1. The number of hydrogen-bond acceptors (Lipinski definition) is 6. The number of ether oxygens (including phenoxy) is 1. The van der Waals surface area contributed by atoms with Gasteiger partial charge in [-0.25, -0.2) is 4.98 Å². The predicted octanol–water partition coefficient (Wildman–Crippen LogP) is 0.858. The van der Waals surface area contributed by atoms with Crippen LogP contribution >= 0.6 is 11.6 Å². The van der Waals surface area contributed by atoms with Crippen molar-refractivity contribution >= 4 is 17.5 Å². The van der Waals surface area contributed by atoms with E-state index in [2.05, 4.69) is 27.0 Å². The Balaban J connectivity index is 1.68. The Kier molecular flexibility index (Phi) is 3.32. The number of nitrogens with zero attached hydrogens (tertiary/aromatic N) is 4. The number of aromatic nitrogens is 3. The van der Waals surface area contributed by atoms with Gasteiger partial charge in [-0.1, -0.05) is 11.6 Å². The highest BCUT2D eigenvalue weighted by Gasteiger charge is 2.47. The van der Waals surface area contributed by atoms with Crippen LogP contribution in [-0.2, 0) is 4.74 Å². The summed E-state index contributed by atoms with van der Waals surface area (Å²) in [4.78, 5) is 6.34. The highest BCUT2D eigenvalue weighted by molar-refractivity contribution is 6.29. The molecule has 2 aliphatic heterocycles. The van der Waals surface area contributed by atoms with Crippen LogP contribution in [0.15, 0.2) is 6.20 Å². The molecule has 7 heteroatoms. The summed E-state index contributed by atoms with van der Waals surface area (Å²) in [6, 6.07) is 0.124. The zero-order valence-corrected chi connectivity index (χ0v) is 11.7. The van der Waals surface area contributed by atoms with Crippen LogP contribution in [0.2, 0.25) is 5.15 Å². The second-order valence-electron chi connectivity index (χ2n) is 5.47. The largest absolute Gasteiger partial charge is 0.376 e. The van der Waals surface area contributed by atoms with Gasteiger partial charge < -0.3 is 15.4 Å². The molecule has 2 saturated heterocycles. The molecule has 1 aromatic heterocycles. The van der Waals surface area contributed by atoms with E-state index in [1.54, 1.807) is 0 Å². The summed E-state index contributed by atoms with van der Waals surface area (Å²) in [6.45, 7) is 4.58. The van der Waals surface area contributed by atoms with Gasteiger partial charge >= 0.3 is 0 Å². The first kappa shape index (κ1) is 13.0. The van der Waals surface area contributed by atoms with E-state index in [0.29, 0.717) is 11.1 Å². The topological polar surface area (TPSA) is 77.2 Å². The molecule has 2 fully saturated rings. The number of nitrogens with two attached hydrogens (primary N) is 1. The van der Waals surface area contributed by atoms with E-state index in [1.807, 2.05) is 0 Å². The molecule has 0 radical (unpaired) electrons.